The van der Waals surface area contributed by atoms with Crippen LogP contribution in [0.5, 0.6) is 11.5 Å². The van der Waals surface area contributed by atoms with E-state index >= 15 is 8.78 Å². The minimum absolute atomic E-state index is 0.0415. The quantitative estimate of drug-likeness (QED) is 0.340. The molecule has 0 amide bonds. The SMILES string of the molecule is CCCCC1CCC(COc2ccc3c(oc4c(F)c(OC5CCCC5)ccc43)c2F)CC1. The van der Waals surface area contributed by atoms with E-state index in [1.807, 2.05) is 0 Å². The van der Waals surface area contributed by atoms with Crippen molar-refractivity contribution in [2.45, 2.75) is 83.7 Å². The Labute approximate surface area is 194 Å². The van der Waals surface area contributed by atoms with Gasteiger partial charge in [0.15, 0.2) is 22.7 Å². The summed E-state index contributed by atoms with van der Waals surface area (Å²) < 4.78 is 47.8. The van der Waals surface area contributed by atoms with Gasteiger partial charge >= 0.3 is 0 Å². The van der Waals surface area contributed by atoms with E-state index in [1.165, 1.54) is 32.1 Å². The number of hydrogen-bond donors (Lipinski definition) is 0. The zero-order valence-corrected chi connectivity index (χ0v) is 19.5. The van der Waals surface area contributed by atoms with Crippen LogP contribution in [0.1, 0.15) is 77.6 Å². The highest BCUT2D eigenvalue weighted by Gasteiger charge is 2.24. The van der Waals surface area contributed by atoms with E-state index in [0.29, 0.717) is 23.3 Å². The second-order valence-corrected chi connectivity index (χ2v) is 9.98. The Morgan fingerprint density at radius 2 is 1.42 bits per heavy atom. The van der Waals surface area contributed by atoms with Crippen molar-refractivity contribution in [3.63, 3.8) is 0 Å². The summed E-state index contributed by atoms with van der Waals surface area (Å²) in [6.45, 7) is 2.75. The summed E-state index contributed by atoms with van der Waals surface area (Å²) in [5.41, 5.74) is 0.0876. The lowest BCUT2D eigenvalue weighted by molar-refractivity contribution is 0.174. The third kappa shape index (κ3) is 4.69. The van der Waals surface area contributed by atoms with Crippen LogP contribution in [-0.4, -0.2) is 12.7 Å². The van der Waals surface area contributed by atoms with Gasteiger partial charge in [-0.1, -0.05) is 39.0 Å². The first-order valence-electron chi connectivity index (χ1n) is 12.8. The molecule has 5 rings (SSSR count). The van der Waals surface area contributed by atoms with Gasteiger partial charge in [-0.05, 0) is 74.6 Å². The van der Waals surface area contributed by atoms with Gasteiger partial charge in [-0.25, -0.2) is 0 Å². The molecule has 0 spiro atoms. The van der Waals surface area contributed by atoms with E-state index in [9.17, 15) is 0 Å². The first-order chi connectivity index (χ1) is 16.1. The van der Waals surface area contributed by atoms with Crippen molar-refractivity contribution >= 4 is 21.9 Å². The van der Waals surface area contributed by atoms with Crippen LogP contribution in [0.15, 0.2) is 28.7 Å². The number of rotatable bonds is 8. The zero-order chi connectivity index (χ0) is 22.8. The maximum Gasteiger partial charge on any atom is 0.208 e. The van der Waals surface area contributed by atoms with Crippen molar-refractivity contribution < 1.29 is 22.7 Å². The molecule has 0 aliphatic heterocycles. The summed E-state index contributed by atoms with van der Waals surface area (Å²) in [5, 5.41) is 1.11. The molecule has 0 atom stereocenters. The third-order valence-corrected chi connectivity index (χ3v) is 7.62. The highest BCUT2D eigenvalue weighted by atomic mass is 19.1. The maximum absolute atomic E-state index is 15.3. The van der Waals surface area contributed by atoms with Crippen LogP contribution in [0.4, 0.5) is 8.78 Å². The molecule has 0 bridgehead atoms. The number of fused-ring (bicyclic) bond motifs is 3. The van der Waals surface area contributed by atoms with Crippen molar-refractivity contribution in [1.29, 1.82) is 0 Å². The average Bonchev–Trinajstić information content (AvgIpc) is 3.48. The molecule has 1 heterocycles. The normalized spacial score (nSPS) is 21.8. The van der Waals surface area contributed by atoms with Crippen LogP contribution < -0.4 is 9.47 Å². The lowest BCUT2D eigenvalue weighted by Crippen LogP contribution is -2.20. The van der Waals surface area contributed by atoms with Gasteiger partial charge in [-0.2, -0.15) is 8.78 Å². The molecular weight excluding hydrogens is 422 g/mol. The molecule has 1 aromatic heterocycles. The Hall–Kier alpha value is -2.30. The number of unbranched alkanes of at least 4 members (excludes halogenated alkanes) is 1. The van der Waals surface area contributed by atoms with Gasteiger partial charge in [0.25, 0.3) is 0 Å². The monoisotopic (exact) mass is 456 g/mol. The van der Waals surface area contributed by atoms with Crippen molar-refractivity contribution in [2.75, 3.05) is 6.61 Å². The summed E-state index contributed by atoms with van der Waals surface area (Å²) in [7, 11) is 0. The van der Waals surface area contributed by atoms with Crippen LogP contribution in [0.3, 0.4) is 0 Å². The van der Waals surface area contributed by atoms with E-state index in [1.54, 1.807) is 24.3 Å². The maximum atomic E-state index is 15.3. The number of furan rings is 1. The van der Waals surface area contributed by atoms with Gasteiger partial charge in [0, 0.05) is 10.8 Å². The fourth-order valence-corrected chi connectivity index (χ4v) is 5.58. The summed E-state index contributed by atoms with van der Waals surface area (Å²) in [6, 6.07) is 6.79. The molecule has 3 aromatic rings. The van der Waals surface area contributed by atoms with E-state index in [0.717, 1.165) is 44.4 Å². The Morgan fingerprint density at radius 1 is 0.818 bits per heavy atom. The van der Waals surface area contributed by atoms with Gasteiger partial charge < -0.3 is 13.9 Å². The molecule has 0 radical (unpaired) electrons. The summed E-state index contributed by atoms with van der Waals surface area (Å²) >= 11 is 0. The van der Waals surface area contributed by atoms with Crippen molar-refractivity contribution in [3.05, 3.63) is 35.9 Å². The molecule has 33 heavy (non-hydrogen) atoms. The lowest BCUT2D eigenvalue weighted by atomic mass is 9.80. The Bertz CT molecular complexity index is 1090. The lowest BCUT2D eigenvalue weighted by Gasteiger charge is -2.28. The van der Waals surface area contributed by atoms with Crippen LogP contribution in [0.25, 0.3) is 21.9 Å². The molecule has 0 N–H and O–H groups in total. The van der Waals surface area contributed by atoms with E-state index in [-0.39, 0.29) is 28.8 Å². The first-order valence-corrected chi connectivity index (χ1v) is 12.8. The Kier molecular flexibility index (Phi) is 6.75. The van der Waals surface area contributed by atoms with Crippen molar-refractivity contribution in [1.82, 2.24) is 0 Å². The molecule has 2 aliphatic rings. The van der Waals surface area contributed by atoms with Crippen molar-refractivity contribution in [3.8, 4) is 11.5 Å². The van der Waals surface area contributed by atoms with E-state index in [2.05, 4.69) is 6.92 Å². The molecule has 0 saturated heterocycles. The molecule has 3 nitrogen and oxygen atoms in total. The molecule has 2 fully saturated rings. The van der Waals surface area contributed by atoms with Crippen LogP contribution in [0, 0.1) is 23.5 Å². The van der Waals surface area contributed by atoms with Gasteiger partial charge in [0.2, 0.25) is 11.6 Å². The van der Waals surface area contributed by atoms with Gasteiger partial charge in [0.05, 0.1) is 12.7 Å². The highest BCUT2D eigenvalue weighted by molar-refractivity contribution is 6.06. The predicted octanol–water partition coefficient (Wildman–Crippen LogP) is 8.56. The number of ether oxygens (including phenoxy) is 2. The molecular formula is C28H34F2O3. The molecule has 0 unspecified atom stereocenters. The van der Waals surface area contributed by atoms with Crippen LogP contribution in [0.2, 0.25) is 0 Å². The van der Waals surface area contributed by atoms with Crippen LogP contribution >= 0.6 is 0 Å². The largest absolute Gasteiger partial charge is 0.490 e. The minimum atomic E-state index is -0.558. The highest BCUT2D eigenvalue weighted by Crippen LogP contribution is 2.39. The number of hydrogen-bond acceptors (Lipinski definition) is 3. The van der Waals surface area contributed by atoms with E-state index in [4.69, 9.17) is 13.9 Å². The topological polar surface area (TPSA) is 31.6 Å². The standard InChI is InChI=1S/C28H34F2O3/c1-2-3-6-18-9-11-19(12-10-18)17-31-23-15-13-21-22-14-16-24(32-20-7-4-5-8-20)26(30)28(22)33-27(21)25(23)29/h13-16,18-20H,2-12,17H2,1H3. The molecule has 2 aliphatic carbocycles. The van der Waals surface area contributed by atoms with E-state index < -0.39 is 11.6 Å². The second kappa shape index (κ2) is 9.90. The zero-order valence-electron chi connectivity index (χ0n) is 19.5. The second-order valence-electron chi connectivity index (χ2n) is 9.98. The molecule has 2 saturated carbocycles. The Balaban J connectivity index is 1.30. The van der Waals surface area contributed by atoms with Gasteiger partial charge in [-0.15, -0.1) is 0 Å². The molecule has 5 heteroatoms. The van der Waals surface area contributed by atoms with Gasteiger partial charge in [0.1, 0.15) is 0 Å². The fraction of sp³-hybridized carbons (Fsp3) is 0.571. The van der Waals surface area contributed by atoms with Crippen molar-refractivity contribution in [2.24, 2.45) is 11.8 Å². The van der Waals surface area contributed by atoms with Crippen LogP contribution in [-0.2, 0) is 0 Å². The summed E-state index contributed by atoms with van der Waals surface area (Å²) in [6.07, 6.45) is 12.8. The average molecular weight is 457 g/mol. The Morgan fingerprint density at radius 3 is 2.09 bits per heavy atom. The molecule has 178 valence electrons. The smallest absolute Gasteiger partial charge is 0.208 e. The summed E-state index contributed by atoms with van der Waals surface area (Å²) in [4.78, 5) is 0. The summed E-state index contributed by atoms with van der Waals surface area (Å²) in [5.74, 6) is 0.538. The predicted molar refractivity (Wildman–Crippen MR) is 127 cm³/mol. The minimum Gasteiger partial charge on any atom is -0.490 e. The number of benzene rings is 2. The third-order valence-electron chi connectivity index (χ3n) is 7.62. The van der Waals surface area contributed by atoms with Gasteiger partial charge in [-0.3, -0.25) is 0 Å². The fourth-order valence-electron chi connectivity index (χ4n) is 5.58. The molecule has 2 aromatic carbocycles. The first kappa shape index (κ1) is 22.5. The number of halogens is 2.